The van der Waals surface area contributed by atoms with Crippen molar-refractivity contribution < 1.29 is 14.5 Å². The molecule has 1 aliphatic heterocycles. The van der Waals surface area contributed by atoms with E-state index in [4.69, 9.17) is 11.6 Å². The number of aromatic nitrogens is 1. The second kappa shape index (κ2) is 9.46. The van der Waals surface area contributed by atoms with Gasteiger partial charge in [-0.2, -0.15) is 0 Å². The summed E-state index contributed by atoms with van der Waals surface area (Å²) in [4.78, 5) is 41.8. The van der Waals surface area contributed by atoms with Gasteiger partial charge in [-0.15, -0.1) is 0 Å². The number of hydrogen-bond donors (Lipinski definition) is 0. The summed E-state index contributed by atoms with van der Waals surface area (Å²) in [5, 5.41) is 11.4. The average Bonchev–Trinajstić information content (AvgIpc) is 3.66. The largest absolute Gasteiger partial charge is 0.326 e. The van der Waals surface area contributed by atoms with Crippen LogP contribution in [0.3, 0.4) is 0 Å². The number of amides is 2. The zero-order valence-corrected chi connectivity index (χ0v) is 21.0. The summed E-state index contributed by atoms with van der Waals surface area (Å²) in [6, 6.07) is 25.0. The summed E-state index contributed by atoms with van der Waals surface area (Å²) in [6.45, 7) is -0.154. The zero-order chi connectivity index (χ0) is 26.4. The third kappa shape index (κ3) is 4.13. The Morgan fingerprint density at radius 2 is 1.66 bits per heavy atom. The summed E-state index contributed by atoms with van der Waals surface area (Å²) in [5.74, 6) is -0.659. The molecule has 0 saturated heterocycles. The fourth-order valence-electron chi connectivity index (χ4n) is 5.14. The number of rotatable bonds is 6. The van der Waals surface area contributed by atoms with Crippen molar-refractivity contribution >= 4 is 34.8 Å². The van der Waals surface area contributed by atoms with Crippen LogP contribution in [0.15, 0.2) is 91.1 Å². The highest BCUT2D eigenvalue weighted by molar-refractivity contribution is 6.32. The number of benzene rings is 3. The van der Waals surface area contributed by atoms with E-state index in [1.165, 1.54) is 23.1 Å². The molecule has 190 valence electrons. The van der Waals surface area contributed by atoms with E-state index < -0.39 is 10.8 Å². The molecule has 2 amide bonds. The first kappa shape index (κ1) is 23.9. The lowest BCUT2D eigenvalue weighted by atomic mass is 9.97. The Kier molecular flexibility index (Phi) is 5.96. The Bertz CT molecular complexity index is 1560. The molecule has 9 heteroatoms. The number of anilines is 1. The fourth-order valence-corrected chi connectivity index (χ4v) is 5.33. The summed E-state index contributed by atoms with van der Waals surface area (Å²) in [7, 11) is 0. The lowest BCUT2D eigenvalue weighted by molar-refractivity contribution is -0.384. The molecule has 8 nitrogen and oxygen atoms in total. The number of hydrogen-bond acceptors (Lipinski definition) is 4. The number of carbonyl (C=O) groups excluding carboxylic acids is 2. The van der Waals surface area contributed by atoms with Crippen LogP contribution in [0, 0.1) is 10.1 Å². The minimum Gasteiger partial charge on any atom is -0.326 e. The minimum absolute atomic E-state index is 0.0424. The van der Waals surface area contributed by atoms with Crippen LogP contribution in [0.25, 0.3) is 5.69 Å². The van der Waals surface area contributed by atoms with Crippen molar-refractivity contribution in [2.45, 2.75) is 24.9 Å². The van der Waals surface area contributed by atoms with Gasteiger partial charge in [0, 0.05) is 23.9 Å². The van der Waals surface area contributed by atoms with Gasteiger partial charge in [0.15, 0.2) is 0 Å². The van der Waals surface area contributed by atoms with Crippen LogP contribution >= 0.6 is 11.6 Å². The van der Waals surface area contributed by atoms with Crippen LogP contribution < -0.4 is 4.90 Å². The Hall–Kier alpha value is -4.43. The number of carbonyl (C=O) groups is 2. The molecule has 0 radical (unpaired) electrons. The molecule has 6 rings (SSSR count). The van der Waals surface area contributed by atoms with Gasteiger partial charge >= 0.3 is 0 Å². The second-order valence-corrected chi connectivity index (χ2v) is 9.86. The first-order chi connectivity index (χ1) is 18.4. The molecule has 3 aromatic carbocycles. The first-order valence-electron chi connectivity index (χ1n) is 12.3. The van der Waals surface area contributed by atoms with Gasteiger partial charge in [0.1, 0.15) is 17.6 Å². The number of nitro groups is 1. The van der Waals surface area contributed by atoms with Crippen LogP contribution in [0.5, 0.6) is 0 Å². The quantitative estimate of drug-likeness (QED) is 0.235. The van der Waals surface area contributed by atoms with Gasteiger partial charge in [0.2, 0.25) is 5.91 Å². The highest BCUT2D eigenvalue weighted by Gasteiger charge is 2.40. The fraction of sp³-hybridized carbons (Fsp3) is 0.172. The van der Waals surface area contributed by atoms with E-state index in [2.05, 4.69) is 4.57 Å². The molecule has 4 aromatic rings. The number of fused-ring (bicyclic) bond motifs is 3. The molecule has 1 aliphatic carbocycles. The van der Waals surface area contributed by atoms with Crippen molar-refractivity contribution in [2.24, 2.45) is 0 Å². The molecule has 1 unspecified atom stereocenters. The highest BCUT2D eigenvalue weighted by atomic mass is 35.5. The normalized spacial score (nSPS) is 15.9. The van der Waals surface area contributed by atoms with Crippen molar-refractivity contribution in [2.75, 3.05) is 11.4 Å². The third-order valence-electron chi connectivity index (χ3n) is 7.05. The number of nitrogens with zero attached hydrogens (tertiary/aromatic N) is 4. The molecule has 0 bridgehead atoms. The monoisotopic (exact) mass is 526 g/mol. The number of halogens is 1. The molecule has 2 heterocycles. The number of para-hydroxylation sites is 2. The number of nitro benzene ring substituents is 1. The predicted octanol–water partition coefficient (Wildman–Crippen LogP) is 5.78. The molecule has 1 fully saturated rings. The molecule has 1 saturated carbocycles. The van der Waals surface area contributed by atoms with E-state index >= 15 is 0 Å². The van der Waals surface area contributed by atoms with E-state index in [0.29, 0.717) is 0 Å². The molecule has 1 aromatic heterocycles. The summed E-state index contributed by atoms with van der Waals surface area (Å²) >= 11 is 5.96. The van der Waals surface area contributed by atoms with Crippen LogP contribution in [0.1, 0.15) is 40.5 Å². The SMILES string of the molecule is O=C(c1ccc(Cl)c([N+](=O)[O-])c1)N(CC(=O)N1c2ccccc2-n2cccc2C1c1ccccc1)C1CC1. The van der Waals surface area contributed by atoms with Crippen molar-refractivity contribution in [1.82, 2.24) is 9.47 Å². The van der Waals surface area contributed by atoms with E-state index in [1.807, 2.05) is 72.9 Å². The highest BCUT2D eigenvalue weighted by Crippen LogP contribution is 2.42. The summed E-state index contributed by atoms with van der Waals surface area (Å²) < 4.78 is 2.09. The minimum atomic E-state index is -0.615. The first-order valence-corrected chi connectivity index (χ1v) is 12.7. The van der Waals surface area contributed by atoms with Gasteiger partial charge in [-0.05, 0) is 54.8 Å². The predicted molar refractivity (Wildman–Crippen MR) is 144 cm³/mol. The average molecular weight is 527 g/mol. The van der Waals surface area contributed by atoms with Crippen LogP contribution in [-0.2, 0) is 4.79 Å². The summed E-state index contributed by atoms with van der Waals surface area (Å²) in [6.07, 6.45) is 3.53. The van der Waals surface area contributed by atoms with Crippen molar-refractivity contribution in [1.29, 1.82) is 0 Å². The topological polar surface area (TPSA) is 88.7 Å². The van der Waals surface area contributed by atoms with Crippen LogP contribution in [0.4, 0.5) is 11.4 Å². The van der Waals surface area contributed by atoms with E-state index in [1.54, 1.807) is 4.90 Å². The van der Waals surface area contributed by atoms with Crippen LogP contribution in [0.2, 0.25) is 5.02 Å². The lowest BCUT2D eigenvalue weighted by Gasteiger charge is -2.39. The maximum Gasteiger partial charge on any atom is 0.288 e. The van der Waals surface area contributed by atoms with Gasteiger partial charge < -0.3 is 9.47 Å². The zero-order valence-electron chi connectivity index (χ0n) is 20.2. The lowest BCUT2D eigenvalue weighted by Crippen LogP contribution is -2.47. The molecule has 0 spiro atoms. The molecule has 2 aliphatic rings. The van der Waals surface area contributed by atoms with Gasteiger partial charge in [0.25, 0.3) is 11.6 Å². The standard InChI is InChI=1S/C29H23ClN4O4/c30-22-15-12-20(17-26(22)34(37)38)29(36)32(21-13-14-21)18-27(35)33-24-10-5-4-9-23(24)31-16-6-11-25(31)28(33)19-7-2-1-3-8-19/h1-12,15-17,21,28H,13-14,18H2. The van der Waals surface area contributed by atoms with E-state index in [0.717, 1.165) is 35.5 Å². The maximum atomic E-state index is 14.2. The van der Waals surface area contributed by atoms with Crippen molar-refractivity contribution in [3.8, 4) is 5.69 Å². The molecular weight excluding hydrogens is 504 g/mol. The van der Waals surface area contributed by atoms with Gasteiger partial charge in [-0.1, -0.05) is 54.1 Å². The Labute approximate surface area is 223 Å². The van der Waals surface area contributed by atoms with Gasteiger partial charge in [-0.3, -0.25) is 24.6 Å². The van der Waals surface area contributed by atoms with E-state index in [9.17, 15) is 19.7 Å². The van der Waals surface area contributed by atoms with Crippen molar-refractivity contribution in [3.63, 3.8) is 0 Å². The molecule has 1 atom stereocenters. The van der Waals surface area contributed by atoms with Gasteiger partial charge in [-0.25, -0.2) is 0 Å². The maximum absolute atomic E-state index is 14.2. The molecule has 38 heavy (non-hydrogen) atoms. The van der Waals surface area contributed by atoms with Crippen molar-refractivity contribution in [3.05, 3.63) is 123 Å². The van der Waals surface area contributed by atoms with Crippen LogP contribution in [-0.4, -0.2) is 38.8 Å². The van der Waals surface area contributed by atoms with E-state index in [-0.39, 0.29) is 40.8 Å². The Balaban J connectivity index is 1.39. The molecule has 0 N–H and O–H groups in total. The third-order valence-corrected chi connectivity index (χ3v) is 7.37. The second-order valence-electron chi connectivity index (χ2n) is 9.46. The smallest absolute Gasteiger partial charge is 0.288 e. The Morgan fingerprint density at radius 3 is 2.37 bits per heavy atom. The Morgan fingerprint density at radius 1 is 0.947 bits per heavy atom. The summed E-state index contributed by atoms with van der Waals surface area (Å²) in [5.41, 5.74) is 3.32. The van der Waals surface area contributed by atoms with Gasteiger partial charge in [0.05, 0.1) is 22.0 Å². The molecular formula is C29H23ClN4O4.